The lowest BCUT2D eigenvalue weighted by Crippen LogP contribution is -2.45. The third kappa shape index (κ3) is 6.74. The zero-order valence-electron chi connectivity index (χ0n) is 16.2. The van der Waals surface area contributed by atoms with Gasteiger partial charge in [-0.2, -0.15) is 0 Å². The van der Waals surface area contributed by atoms with E-state index in [4.69, 9.17) is 0 Å². The van der Waals surface area contributed by atoms with Crippen LogP contribution in [-0.2, 0) is 9.59 Å². The number of anilines is 2. The highest BCUT2D eigenvalue weighted by Crippen LogP contribution is 2.14. The van der Waals surface area contributed by atoms with Gasteiger partial charge in [-0.05, 0) is 49.2 Å². The number of hydrogen-bond acceptors (Lipinski definition) is 3. The van der Waals surface area contributed by atoms with Crippen LogP contribution >= 0.6 is 0 Å². The van der Waals surface area contributed by atoms with Crippen LogP contribution in [0.15, 0.2) is 48.5 Å². The third-order valence-electron chi connectivity index (χ3n) is 4.45. The molecule has 0 aliphatic rings. The van der Waals surface area contributed by atoms with Crippen molar-refractivity contribution in [3.8, 4) is 0 Å². The second kappa shape index (κ2) is 9.94. The summed E-state index contributed by atoms with van der Waals surface area (Å²) in [5.41, 5.74) is 0.706. The van der Waals surface area contributed by atoms with E-state index in [0.29, 0.717) is 11.4 Å². The maximum absolute atomic E-state index is 13.3. The van der Waals surface area contributed by atoms with Crippen LogP contribution in [0.4, 0.5) is 20.2 Å². The van der Waals surface area contributed by atoms with Crippen LogP contribution in [0.25, 0.3) is 0 Å². The molecule has 0 aromatic heterocycles. The number of rotatable bonds is 8. The summed E-state index contributed by atoms with van der Waals surface area (Å²) in [4.78, 5) is 26.5. The van der Waals surface area contributed by atoms with Crippen LogP contribution in [0.1, 0.15) is 20.8 Å². The third-order valence-corrected chi connectivity index (χ3v) is 4.45. The molecule has 0 bridgehead atoms. The molecule has 0 heterocycles. The van der Waals surface area contributed by atoms with Gasteiger partial charge < -0.3 is 10.6 Å². The molecule has 28 heavy (non-hydrogen) atoms. The van der Waals surface area contributed by atoms with Crippen LogP contribution in [0.2, 0.25) is 0 Å². The number of benzene rings is 2. The Bertz CT molecular complexity index is 765. The number of halogens is 2. The van der Waals surface area contributed by atoms with Gasteiger partial charge in [0.15, 0.2) is 0 Å². The lowest BCUT2D eigenvalue weighted by molar-refractivity contribution is -0.121. The SMILES string of the molecule is CC(C)[C@H](C)N(CC(=O)Nc1cccc(F)c1)CC(=O)Nc1cccc(F)c1. The Kier molecular flexibility index (Phi) is 7.63. The van der Waals surface area contributed by atoms with Gasteiger partial charge in [0.1, 0.15) is 11.6 Å². The Morgan fingerprint density at radius 2 is 1.29 bits per heavy atom. The molecule has 0 radical (unpaired) electrons. The maximum atomic E-state index is 13.3. The van der Waals surface area contributed by atoms with Crippen molar-refractivity contribution in [1.29, 1.82) is 0 Å². The molecule has 0 unspecified atom stereocenters. The van der Waals surface area contributed by atoms with Crippen molar-refractivity contribution in [2.75, 3.05) is 23.7 Å². The largest absolute Gasteiger partial charge is 0.325 e. The Hall–Kier alpha value is -2.80. The van der Waals surface area contributed by atoms with Gasteiger partial charge in [0.25, 0.3) is 0 Å². The Morgan fingerprint density at radius 1 is 0.857 bits per heavy atom. The summed E-state index contributed by atoms with van der Waals surface area (Å²) in [6.45, 7) is 5.84. The number of nitrogens with zero attached hydrogens (tertiary/aromatic N) is 1. The fourth-order valence-electron chi connectivity index (χ4n) is 2.67. The second-order valence-corrected chi connectivity index (χ2v) is 7.01. The van der Waals surface area contributed by atoms with E-state index in [-0.39, 0.29) is 36.9 Å². The minimum atomic E-state index is -0.445. The summed E-state index contributed by atoms with van der Waals surface area (Å²) >= 11 is 0. The number of carbonyl (C=O) groups excluding carboxylic acids is 2. The minimum absolute atomic E-state index is 0.0353. The van der Waals surface area contributed by atoms with Gasteiger partial charge in [-0.3, -0.25) is 14.5 Å². The average molecular weight is 389 g/mol. The molecule has 2 N–H and O–H groups in total. The summed E-state index contributed by atoms with van der Waals surface area (Å²) < 4.78 is 26.6. The van der Waals surface area contributed by atoms with E-state index in [9.17, 15) is 18.4 Å². The molecule has 2 rings (SSSR count). The van der Waals surface area contributed by atoms with Crippen LogP contribution in [0.3, 0.4) is 0 Å². The predicted molar refractivity (Wildman–Crippen MR) is 106 cm³/mol. The summed E-state index contributed by atoms with van der Waals surface area (Å²) in [5.74, 6) is -1.39. The molecule has 2 aromatic carbocycles. The van der Waals surface area contributed by atoms with E-state index in [2.05, 4.69) is 10.6 Å². The van der Waals surface area contributed by atoms with Crippen molar-refractivity contribution < 1.29 is 18.4 Å². The zero-order valence-corrected chi connectivity index (χ0v) is 16.2. The molecule has 2 aromatic rings. The van der Waals surface area contributed by atoms with Gasteiger partial charge in [-0.15, -0.1) is 0 Å². The molecule has 1 atom stereocenters. The smallest absolute Gasteiger partial charge is 0.238 e. The summed E-state index contributed by atoms with van der Waals surface area (Å²) in [6, 6.07) is 11.2. The van der Waals surface area contributed by atoms with Crippen LogP contribution in [0.5, 0.6) is 0 Å². The lowest BCUT2D eigenvalue weighted by Gasteiger charge is -2.30. The number of carbonyl (C=O) groups is 2. The minimum Gasteiger partial charge on any atom is -0.325 e. The van der Waals surface area contributed by atoms with Crippen LogP contribution in [0, 0.1) is 17.6 Å². The zero-order chi connectivity index (χ0) is 20.7. The molecule has 2 amide bonds. The molecule has 0 aliphatic carbocycles. The maximum Gasteiger partial charge on any atom is 0.238 e. The van der Waals surface area contributed by atoms with Crippen molar-refractivity contribution in [1.82, 2.24) is 4.90 Å². The Balaban J connectivity index is 2.02. The van der Waals surface area contributed by atoms with Crippen molar-refractivity contribution in [3.63, 3.8) is 0 Å². The van der Waals surface area contributed by atoms with Crippen LogP contribution < -0.4 is 10.6 Å². The molecule has 0 saturated heterocycles. The van der Waals surface area contributed by atoms with Gasteiger partial charge in [-0.25, -0.2) is 8.78 Å². The molecule has 5 nitrogen and oxygen atoms in total. The summed E-state index contributed by atoms with van der Waals surface area (Å²) in [6.07, 6.45) is 0. The number of hydrogen-bond donors (Lipinski definition) is 2. The lowest BCUT2D eigenvalue weighted by atomic mass is 10.0. The van der Waals surface area contributed by atoms with Crippen molar-refractivity contribution in [2.24, 2.45) is 5.92 Å². The van der Waals surface area contributed by atoms with E-state index in [1.807, 2.05) is 20.8 Å². The predicted octanol–water partition coefficient (Wildman–Crippen LogP) is 3.89. The van der Waals surface area contributed by atoms with Gasteiger partial charge >= 0.3 is 0 Å². The standard InChI is InChI=1S/C21H25F2N3O2/c1-14(2)15(3)26(12-20(27)24-18-8-4-6-16(22)10-18)13-21(28)25-19-9-5-7-17(23)11-19/h4-11,14-15H,12-13H2,1-3H3,(H,24,27)(H,25,28)/t15-/m0/s1. The molecule has 0 aliphatic heterocycles. The molecule has 0 spiro atoms. The first-order chi connectivity index (χ1) is 13.2. The first-order valence-electron chi connectivity index (χ1n) is 9.09. The fourth-order valence-corrected chi connectivity index (χ4v) is 2.67. The number of nitrogens with one attached hydrogen (secondary N) is 2. The van der Waals surface area contributed by atoms with Gasteiger partial charge in [-0.1, -0.05) is 26.0 Å². The normalized spacial score (nSPS) is 12.1. The van der Waals surface area contributed by atoms with Gasteiger partial charge in [0.05, 0.1) is 13.1 Å². The first kappa shape index (κ1) is 21.5. The van der Waals surface area contributed by atoms with Crippen molar-refractivity contribution >= 4 is 23.2 Å². The highest BCUT2D eigenvalue weighted by molar-refractivity contribution is 5.94. The molecule has 0 saturated carbocycles. The Labute approximate surface area is 163 Å². The highest BCUT2D eigenvalue weighted by atomic mass is 19.1. The molecule has 7 heteroatoms. The van der Waals surface area contributed by atoms with Gasteiger partial charge in [0.2, 0.25) is 11.8 Å². The van der Waals surface area contributed by atoms with Gasteiger partial charge in [0, 0.05) is 17.4 Å². The second-order valence-electron chi connectivity index (χ2n) is 7.01. The van der Waals surface area contributed by atoms with Crippen molar-refractivity contribution in [3.05, 3.63) is 60.2 Å². The van der Waals surface area contributed by atoms with E-state index in [0.717, 1.165) is 0 Å². The average Bonchev–Trinajstić information content (AvgIpc) is 2.60. The topological polar surface area (TPSA) is 61.4 Å². The Morgan fingerprint density at radius 3 is 1.64 bits per heavy atom. The molecular formula is C21H25F2N3O2. The molecule has 150 valence electrons. The van der Waals surface area contributed by atoms with E-state index < -0.39 is 11.6 Å². The van der Waals surface area contributed by atoms with E-state index >= 15 is 0 Å². The molecule has 0 fully saturated rings. The monoisotopic (exact) mass is 389 g/mol. The summed E-state index contributed by atoms with van der Waals surface area (Å²) in [7, 11) is 0. The van der Waals surface area contributed by atoms with Crippen molar-refractivity contribution in [2.45, 2.75) is 26.8 Å². The fraction of sp³-hybridized carbons (Fsp3) is 0.333. The van der Waals surface area contributed by atoms with Crippen LogP contribution in [-0.4, -0.2) is 35.8 Å². The van der Waals surface area contributed by atoms with E-state index in [1.54, 1.807) is 17.0 Å². The van der Waals surface area contributed by atoms with E-state index in [1.165, 1.54) is 36.4 Å². The number of amides is 2. The highest BCUT2D eigenvalue weighted by Gasteiger charge is 2.22. The quantitative estimate of drug-likeness (QED) is 0.720. The first-order valence-corrected chi connectivity index (χ1v) is 9.09. The summed E-state index contributed by atoms with van der Waals surface area (Å²) in [5, 5.41) is 5.27. The molecular weight excluding hydrogens is 364 g/mol.